The van der Waals surface area contributed by atoms with E-state index >= 15 is 0 Å². The Balaban J connectivity index is 2.21. The average molecular weight is 242 g/mol. The van der Waals surface area contributed by atoms with Crippen molar-refractivity contribution in [2.45, 2.75) is 12.5 Å². The number of nitrogen functional groups attached to an aromatic ring is 1. The summed E-state index contributed by atoms with van der Waals surface area (Å²) in [7, 11) is 0. The van der Waals surface area contributed by atoms with E-state index in [0.29, 0.717) is 25.3 Å². The predicted octanol–water partition coefficient (Wildman–Crippen LogP) is 1.06. The monoisotopic (exact) mass is 242 g/mol. The summed E-state index contributed by atoms with van der Waals surface area (Å²) in [5.74, 6) is 0. The van der Waals surface area contributed by atoms with Crippen molar-refractivity contribution in [1.82, 2.24) is 0 Å². The summed E-state index contributed by atoms with van der Waals surface area (Å²) in [5.41, 5.74) is 8.25. The number of hydrogen-bond acceptors (Lipinski definition) is 5. The van der Waals surface area contributed by atoms with Crippen LogP contribution < -0.4 is 10.6 Å². The quantitative estimate of drug-likeness (QED) is 0.784. The Kier molecular flexibility index (Phi) is 3.66. The Morgan fingerprint density at radius 3 is 3.00 bits per heavy atom. The van der Waals surface area contributed by atoms with Gasteiger partial charge in [-0.2, -0.15) is 10.5 Å². The minimum Gasteiger partial charge on any atom is -0.398 e. The fraction of sp³-hybridized carbons (Fsp3) is 0.385. The van der Waals surface area contributed by atoms with E-state index in [4.69, 9.17) is 21.0 Å². The van der Waals surface area contributed by atoms with Crippen LogP contribution in [0, 0.1) is 22.7 Å². The molecule has 0 bridgehead atoms. The maximum absolute atomic E-state index is 8.87. The molecule has 92 valence electrons. The van der Waals surface area contributed by atoms with Crippen LogP contribution in [-0.2, 0) is 11.2 Å². The molecule has 1 aliphatic heterocycles. The zero-order chi connectivity index (χ0) is 13.0. The third kappa shape index (κ3) is 2.53. The second-order valence-electron chi connectivity index (χ2n) is 4.15. The number of nitrogens with zero attached hydrogens (tertiary/aromatic N) is 3. The molecule has 0 amide bonds. The van der Waals surface area contributed by atoms with Gasteiger partial charge in [0.15, 0.2) is 6.10 Å². The van der Waals surface area contributed by atoms with E-state index in [9.17, 15) is 0 Å². The van der Waals surface area contributed by atoms with Gasteiger partial charge in [-0.05, 0) is 23.8 Å². The molecule has 18 heavy (non-hydrogen) atoms. The van der Waals surface area contributed by atoms with Crippen LogP contribution >= 0.6 is 0 Å². The Labute approximate surface area is 106 Å². The topological polar surface area (TPSA) is 86.1 Å². The second kappa shape index (κ2) is 5.39. The fourth-order valence-corrected chi connectivity index (χ4v) is 1.99. The normalized spacial score (nSPS) is 19.0. The third-order valence-electron chi connectivity index (χ3n) is 2.97. The summed E-state index contributed by atoms with van der Waals surface area (Å²) in [5, 5.41) is 17.6. The van der Waals surface area contributed by atoms with Crippen molar-refractivity contribution in [2.75, 3.05) is 30.3 Å². The lowest BCUT2D eigenvalue weighted by atomic mass is 10.1. The van der Waals surface area contributed by atoms with Gasteiger partial charge in [-0.1, -0.05) is 0 Å². The molecular weight excluding hydrogens is 228 g/mol. The summed E-state index contributed by atoms with van der Waals surface area (Å²) in [6.45, 7) is 1.83. The molecule has 1 atom stereocenters. The number of hydrogen-bond donors (Lipinski definition) is 1. The second-order valence-corrected chi connectivity index (χ2v) is 4.15. The summed E-state index contributed by atoms with van der Waals surface area (Å²) in [6.07, 6.45) is -0.0955. The number of morpholine rings is 1. The molecule has 2 rings (SSSR count). The molecular formula is C13H14N4O. The van der Waals surface area contributed by atoms with Gasteiger partial charge in [0.1, 0.15) is 0 Å². The highest BCUT2D eigenvalue weighted by atomic mass is 16.5. The van der Waals surface area contributed by atoms with E-state index < -0.39 is 6.10 Å². The zero-order valence-electron chi connectivity index (χ0n) is 9.97. The summed E-state index contributed by atoms with van der Waals surface area (Å²) >= 11 is 0. The van der Waals surface area contributed by atoms with E-state index in [0.717, 1.165) is 17.8 Å². The van der Waals surface area contributed by atoms with Crippen LogP contribution in [-0.4, -0.2) is 25.8 Å². The molecule has 1 fully saturated rings. The molecule has 2 N–H and O–H groups in total. The molecule has 5 heteroatoms. The van der Waals surface area contributed by atoms with E-state index in [2.05, 4.69) is 17.0 Å². The lowest BCUT2D eigenvalue weighted by Gasteiger charge is -2.31. The maximum atomic E-state index is 8.87. The Morgan fingerprint density at radius 2 is 2.28 bits per heavy atom. The Bertz CT molecular complexity index is 515. The minimum atomic E-state index is -0.393. The number of ether oxygens (including phenoxy) is 1. The predicted molar refractivity (Wildman–Crippen MR) is 67.7 cm³/mol. The van der Waals surface area contributed by atoms with Crippen LogP contribution in [0.3, 0.4) is 0 Å². The molecule has 1 heterocycles. The third-order valence-corrected chi connectivity index (χ3v) is 2.97. The van der Waals surface area contributed by atoms with Crippen molar-refractivity contribution in [3.8, 4) is 12.1 Å². The van der Waals surface area contributed by atoms with Gasteiger partial charge in [-0.15, -0.1) is 0 Å². The first kappa shape index (κ1) is 12.2. The fourth-order valence-electron chi connectivity index (χ4n) is 1.99. The molecule has 0 spiro atoms. The molecule has 0 radical (unpaired) electrons. The molecule has 1 unspecified atom stereocenters. The van der Waals surface area contributed by atoms with Crippen LogP contribution in [0.25, 0.3) is 0 Å². The van der Waals surface area contributed by atoms with Gasteiger partial charge in [0.2, 0.25) is 0 Å². The first-order chi connectivity index (χ1) is 8.74. The first-order valence-corrected chi connectivity index (χ1v) is 5.76. The van der Waals surface area contributed by atoms with E-state index in [1.807, 2.05) is 12.1 Å². The van der Waals surface area contributed by atoms with Crippen molar-refractivity contribution >= 4 is 11.4 Å². The first-order valence-electron chi connectivity index (χ1n) is 5.76. The van der Waals surface area contributed by atoms with Crippen LogP contribution in [0.4, 0.5) is 11.4 Å². The molecule has 0 aromatic heterocycles. The Morgan fingerprint density at radius 1 is 1.44 bits per heavy atom. The van der Waals surface area contributed by atoms with Crippen LogP contribution in [0.5, 0.6) is 0 Å². The van der Waals surface area contributed by atoms with Gasteiger partial charge >= 0.3 is 0 Å². The SMILES string of the molecule is N#CCc1cc(N2CCOC(C#N)C2)ccc1N. The average Bonchev–Trinajstić information content (AvgIpc) is 2.41. The lowest BCUT2D eigenvalue weighted by Crippen LogP contribution is -2.41. The summed E-state index contributed by atoms with van der Waals surface area (Å²) < 4.78 is 5.30. The van der Waals surface area contributed by atoms with Crippen molar-refractivity contribution < 1.29 is 4.74 Å². The molecule has 1 aromatic rings. The van der Waals surface area contributed by atoms with Gasteiger partial charge in [0.25, 0.3) is 0 Å². The number of anilines is 2. The van der Waals surface area contributed by atoms with Gasteiger partial charge < -0.3 is 15.4 Å². The highest BCUT2D eigenvalue weighted by molar-refractivity contribution is 5.59. The van der Waals surface area contributed by atoms with Crippen molar-refractivity contribution in [2.24, 2.45) is 0 Å². The smallest absolute Gasteiger partial charge is 0.161 e. The van der Waals surface area contributed by atoms with Crippen molar-refractivity contribution in [3.05, 3.63) is 23.8 Å². The number of rotatable bonds is 2. The van der Waals surface area contributed by atoms with Gasteiger partial charge in [0, 0.05) is 17.9 Å². The minimum absolute atomic E-state index is 0.297. The highest BCUT2D eigenvalue weighted by Crippen LogP contribution is 2.23. The zero-order valence-corrected chi connectivity index (χ0v) is 9.97. The molecule has 1 aromatic carbocycles. The van der Waals surface area contributed by atoms with Gasteiger partial charge in [-0.25, -0.2) is 0 Å². The van der Waals surface area contributed by atoms with E-state index in [1.165, 1.54) is 0 Å². The molecule has 1 aliphatic rings. The number of benzene rings is 1. The standard InChI is InChI=1S/C13H14N4O/c14-4-3-10-7-11(1-2-13(10)16)17-5-6-18-12(8-15)9-17/h1-2,7,12H,3,5-6,9,16H2. The molecule has 0 saturated carbocycles. The van der Waals surface area contributed by atoms with Gasteiger partial charge in [-0.3, -0.25) is 0 Å². The van der Waals surface area contributed by atoms with Crippen molar-refractivity contribution in [1.29, 1.82) is 10.5 Å². The van der Waals surface area contributed by atoms with Crippen LogP contribution in [0.2, 0.25) is 0 Å². The van der Waals surface area contributed by atoms with Crippen molar-refractivity contribution in [3.63, 3.8) is 0 Å². The molecule has 5 nitrogen and oxygen atoms in total. The van der Waals surface area contributed by atoms with E-state index in [-0.39, 0.29) is 0 Å². The van der Waals surface area contributed by atoms with Gasteiger partial charge in [0.05, 0.1) is 31.7 Å². The van der Waals surface area contributed by atoms with Crippen LogP contribution in [0.1, 0.15) is 5.56 Å². The summed E-state index contributed by atoms with van der Waals surface area (Å²) in [6, 6.07) is 9.85. The lowest BCUT2D eigenvalue weighted by molar-refractivity contribution is 0.0764. The van der Waals surface area contributed by atoms with E-state index in [1.54, 1.807) is 6.07 Å². The number of nitrogens with two attached hydrogens (primary N) is 1. The highest BCUT2D eigenvalue weighted by Gasteiger charge is 2.20. The van der Waals surface area contributed by atoms with Crippen LogP contribution in [0.15, 0.2) is 18.2 Å². The molecule has 0 aliphatic carbocycles. The largest absolute Gasteiger partial charge is 0.398 e. The molecule has 1 saturated heterocycles. The Hall–Kier alpha value is -2.24. The maximum Gasteiger partial charge on any atom is 0.161 e. The number of nitriles is 2. The summed E-state index contributed by atoms with van der Waals surface area (Å²) in [4.78, 5) is 2.08.